The number of likely N-dealkylation sites (tertiary alicyclic amines) is 1. The van der Waals surface area contributed by atoms with Crippen molar-refractivity contribution < 1.29 is 23.8 Å². The summed E-state index contributed by atoms with van der Waals surface area (Å²) in [6, 6.07) is 15.0. The summed E-state index contributed by atoms with van der Waals surface area (Å²) >= 11 is 3.42. The number of carbonyl (C=O) groups excluding carboxylic acids is 2. The molecule has 1 aliphatic rings. The Labute approximate surface area is 230 Å². The summed E-state index contributed by atoms with van der Waals surface area (Å²) in [6.45, 7) is 2.64. The summed E-state index contributed by atoms with van der Waals surface area (Å²) in [5.41, 5.74) is 2.41. The molecule has 38 heavy (non-hydrogen) atoms. The Morgan fingerprint density at radius 3 is 2.76 bits per heavy atom. The van der Waals surface area contributed by atoms with Crippen LogP contribution in [0.3, 0.4) is 0 Å². The Morgan fingerprint density at radius 1 is 1.24 bits per heavy atom. The third-order valence-electron chi connectivity index (χ3n) is 6.64. The van der Waals surface area contributed by atoms with E-state index in [0.717, 1.165) is 22.0 Å². The first kappa shape index (κ1) is 27.7. The molecule has 0 spiro atoms. The summed E-state index contributed by atoms with van der Waals surface area (Å²) in [5.74, 6) is -1.33. The number of benzene rings is 2. The first-order chi connectivity index (χ1) is 18.3. The minimum atomic E-state index is -1.13. The number of piperidine rings is 1. The molecule has 2 heterocycles. The second-order valence-electron chi connectivity index (χ2n) is 9.55. The van der Waals surface area contributed by atoms with Crippen LogP contribution < -0.4 is 10.1 Å². The van der Waals surface area contributed by atoms with Gasteiger partial charge in [0.2, 0.25) is 11.8 Å². The molecule has 1 aromatic heterocycles. The summed E-state index contributed by atoms with van der Waals surface area (Å²) in [5, 5.41) is 14.1. The summed E-state index contributed by atoms with van der Waals surface area (Å²) in [6.07, 6.45) is 3.56. The average Bonchev–Trinajstić information content (AvgIpc) is 2.89. The van der Waals surface area contributed by atoms with Gasteiger partial charge < -0.3 is 20.1 Å². The van der Waals surface area contributed by atoms with E-state index in [0.29, 0.717) is 30.8 Å². The van der Waals surface area contributed by atoms with E-state index in [9.17, 15) is 19.1 Å². The van der Waals surface area contributed by atoms with Crippen LogP contribution in [0.1, 0.15) is 36.5 Å². The van der Waals surface area contributed by atoms with Crippen molar-refractivity contribution in [1.29, 1.82) is 0 Å². The lowest BCUT2D eigenvalue weighted by atomic mass is 9.85. The second-order valence-corrected chi connectivity index (χ2v) is 10.4. The lowest BCUT2D eigenvalue weighted by Crippen LogP contribution is -2.53. The van der Waals surface area contributed by atoms with Crippen LogP contribution in [0.5, 0.6) is 5.75 Å². The van der Waals surface area contributed by atoms with Crippen molar-refractivity contribution in [3.63, 3.8) is 0 Å². The molecule has 7 nitrogen and oxygen atoms in total. The number of amides is 2. The Balaban J connectivity index is 1.48. The molecule has 1 fully saturated rings. The van der Waals surface area contributed by atoms with Gasteiger partial charge in [-0.25, -0.2) is 4.39 Å². The van der Waals surface area contributed by atoms with Gasteiger partial charge >= 0.3 is 0 Å². The number of hydrogen-bond donors (Lipinski definition) is 2. The average molecular weight is 584 g/mol. The van der Waals surface area contributed by atoms with Crippen LogP contribution in [-0.2, 0) is 29.2 Å². The van der Waals surface area contributed by atoms with Crippen molar-refractivity contribution in [3.05, 3.63) is 94.0 Å². The number of halogens is 2. The predicted octanol–water partition coefficient (Wildman–Crippen LogP) is 4.41. The van der Waals surface area contributed by atoms with Crippen LogP contribution in [0, 0.1) is 11.7 Å². The van der Waals surface area contributed by atoms with E-state index in [1.807, 2.05) is 30.3 Å². The fraction of sp³-hybridized carbons (Fsp3) is 0.345. The maximum Gasteiger partial charge on any atom is 0.228 e. The zero-order valence-corrected chi connectivity index (χ0v) is 22.7. The Kier molecular flexibility index (Phi) is 9.47. The monoisotopic (exact) mass is 583 g/mol. The zero-order valence-electron chi connectivity index (χ0n) is 21.1. The SMILES string of the molecule is CC(=O)N[C@@H](Cc1cc(F)cc(OCc2ccncc2Br)c1)[C@H](O)[C@@H]1CCCN(Cc2ccccc2)C1=O. The number of aliphatic hydroxyl groups is 1. The van der Waals surface area contributed by atoms with Gasteiger partial charge in [0.25, 0.3) is 0 Å². The molecule has 0 bridgehead atoms. The first-order valence-corrected chi connectivity index (χ1v) is 13.4. The standard InChI is InChI=1S/C29H31BrFN3O4/c1-19(35)33-27(28(36)25-8-5-11-34(29(25)37)17-20-6-3-2-4-7-20)14-21-12-23(31)15-24(13-21)38-18-22-9-10-32-16-26(22)30/h2-4,6-7,9-10,12-13,15-16,25,27-28,36H,5,8,11,14,17-18H2,1H3,(H,33,35)/t25-,27-,28+/m0/s1. The first-order valence-electron chi connectivity index (χ1n) is 12.6. The fourth-order valence-electron chi connectivity index (χ4n) is 4.80. The van der Waals surface area contributed by atoms with Crippen LogP contribution in [0.15, 0.2) is 71.5 Å². The smallest absolute Gasteiger partial charge is 0.228 e. The van der Waals surface area contributed by atoms with Crippen LogP contribution in [0.2, 0.25) is 0 Å². The van der Waals surface area contributed by atoms with Crippen molar-refractivity contribution in [2.75, 3.05) is 6.54 Å². The zero-order chi connectivity index (χ0) is 27.1. The molecule has 200 valence electrons. The maximum absolute atomic E-state index is 14.5. The quantitative estimate of drug-likeness (QED) is 0.369. The molecule has 2 aromatic carbocycles. The van der Waals surface area contributed by atoms with Gasteiger partial charge in [0.1, 0.15) is 18.2 Å². The van der Waals surface area contributed by atoms with Crippen LogP contribution in [0.25, 0.3) is 0 Å². The molecule has 3 atom stereocenters. The van der Waals surface area contributed by atoms with E-state index in [4.69, 9.17) is 4.74 Å². The van der Waals surface area contributed by atoms with Crippen LogP contribution in [0.4, 0.5) is 4.39 Å². The van der Waals surface area contributed by atoms with Gasteiger partial charge in [0.15, 0.2) is 0 Å². The lowest BCUT2D eigenvalue weighted by molar-refractivity contribution is -0.145. The lowest BCUT2D eigenvalue weighted by Gasteiger charge is -2.37. The molecule has 0 radical (unpaired) electrons. The van der Waals surface area contributed by atoms with E-state index < -0.39 is 23.9 Å². The molecule has 2 N–H and O–H groups in total. The summed E-state index contributed by atoms with van der Waals surface area (Å²) < 4.78 is 21.1. The number of nitrogens with one attached hydrogen (secondary N) is 1. The highest BCUT2D eigenvalue weighted by molar-refractivity contribution is 9.10. The second kappa shape index (κ2) is 13.0. The van der Waals surface area contributed by atoms with Gasteiger partial charge in [-0.1, -0.05) is 30.3 Å². The number of ether oxygens (including phenoxy) is 1. The number of hydrogen-bond acceptors (Lipinski definition) is 5. The molecular weight excluding hydrogens is 553 g/mol. The van der Waals surface area contributed by atoms with E-state index in [1.165, 1.54) is 19.1 Å². The van der Waals surface area contributed by atoms with E-state index in [1.54, 1.807) is 29.4 Å². The van der Waals surface area contributed by atoms with Gasteiger partial charge in [0, 0.05) is 48.5 Å². The summed E-state index contributed by atoms with van der Waals surface area (Å²) in [4.78, 5) is 31.1. The number of nitrogens with zero attached hydrogens (tertiary/aromatic N) is 2. The minimum absolute atomic E-state index is 0.135. The topological polar surface area (TPSA) is 91.8 Å². The Hall–Kier alpha value is -3.30. The normalized spacial score (nSPS) is 17.1. The maximum atomic E-state index is 14.5. The van der Waals surface area contributed by atoms with Crippen LogP contribution >= 0.6 is 15.9 Å². The third kappa shape index (κ3) is 7.39. The highest BCUT2D eigenvalue weighted by atomic mass is 79.9. The van der Waals surface area contributed by atoms with Crippen LogP contribution in [-0.4, -0.2) is 45.5 Å². The molecule has 1 aliphatic heterocycles. The third-order valence-corrected chi connectivity index (χ3v) is 7.35. The molecule has 9 heteroatoms. The molecular formula is C29H31BrFN3O4. The molecule has 4 rings (SSSR count). The fourth-order valence-corrected chi connectivity index (χ4v) is 5.17. The van der Waals surface area contributed by atoms with Crippen molar-refractivity contribution >= 4 is 27.7 Å². The van der Waals surface area contributed by atoms with Gasteiger partial charge in [-0.2, -0.15) is 0 Å². The van der Waals surface area contributed by atoms with E-state index in [2.05, 4.69) is 26.2 Å². The van der Waals surface area contributed by atoms with E-state index >= 15 is 0 Å². The van der Waals surface area contributed by atoms with Gasteiger partial charge in [-0.15, -0.1) is 0 Å². The number of rotatable bonds is 10. The van der Waals surface area contributed by atoms with E-state index in [-0.39, 0.29) is 24.8 Å². The molecule has 1 saturated heterocycles. The number of pyridine rings is 1. The highest BCUT2D eigenvalue weighted by Gasteiger charge is 2.38. The van der Waals surface area contributed by atoms with Crippen molar-refractivity contribution in [2.45, 2.75) is 51.5 Å². The number of carbonyl (C=O) groups is 2. The van der Waals surface area contributed by atoms with Gasteiger partial charge in [0.05, 0.1) is 18.1 Å². The Morgan fingerprint density at radius 2 is 2.03 bits per heavy atom. The molecule has 0 aliphatic carbocycles. The van der Waals surface area contributed by atoms with Gasteiger partial charge in [-0.3, -0.25) is 14.6 Å². The van der Waals surface area contributed by atoms with Crippen molar-refractivity contribution in [1.82, 2.24) is 15.2 Å². The van der Waals surface area contributed by atoms with Crippen molar-refractivity contribution in [3.8, 4) is 5.75 Å². The predicted molar refractivity (Wildman–Crippen MR) is 145 cm³/mol. The van der Waals surface area contributed by atoms with Gasteiger partial charge in [-0.05, 0) is 64.5 Å². The molecule has 0 saturated carbocycles. The molecule has 0 unspecified atom stereocenters. The number of aromatic nitrogens is 1. The highest BCUT2D eigenvalue weighted by Crippen LogP contribution is 2.27. The van der Waals surface area contributed by atoms with Crippen molar-refractivity contribution in [2.24, 2.45) is 5.92 Å². The Bertz CT molecular complexity index is 1260. The summed E-state index contributed by atoms with van der Waals surface area (Å²) in [7, 11) is 0. The number of aliphatic hydroxyl groups excluding tert-OH is 1. The molecule has 2 amide bonds. The molecule has 3 aromatic rings. The largest absolute Gasteiger partial charge is 0.489 e. The minimum Gasteiger partial charge on any atom is -0.489 e.